The van der Waals surface area contributed by atoms with Crippen molar-refractivity contribution in [3.63, 3.8) is 0 Å². The minimum absolute atomic E-state index is 0. The van der Waals surface area contributed by atoms with Gasteiger partial charge in [0, 0.05) is 20.4 Å². The van der Waals surface area contributed by atoms with Crippen LogP contribution in [-0.2, 0) is 50.8 Å². The Hall–Kier alpha value is -1.96. The summed E-state index contributed by atoms with van der Waals surface area (Å²) >= 11 is 0. The first-order valence-electron chi connectivity index (χ1n) is 7.21. The number of carboxylic acids is 1. The summed E-state index contributed by atoms with van der Waals surface area (Å²) in [6.45, 7) is 9.18. The zero-order valence-electron chi connectivity index (χ0n) is 14.7. The van der Waals surface area contributed by atoms with Gasteiger partial charge in [-0.15, -0.1) is 5.10 Å². The number of rotatable bonds is 5. The molecule has 1 aliphatic heterocycles. The first-order chi connectivity index (χ1) is 13.3. The number of hydrogen-bond donors (Lipinski definition) is 5. The topological polar surface area (TPSA) is 233 Å². The van der Waals surface area contributed by atoms with Crippen LogP contribution < -0.4 is 0 Å². The molecule has 2 heterocycles. The fourth-order valence-electron chi connectivity index (χ4n) is 2.13. The van der Waals surface area contributed by atoms with Crippen molar-refractivity contribution in [2.75, 3.05) is 6.61 Å². The fourth-order valence-corrected chi connectivity index (χ4v) is 2.13. The van der Waals surface area contributed by atoms with Gasteiger partial charge in [0.2, 0.25) is 0 Å². The van der Waals surface area contributed by atoms with E-state index in [4.69, 9.17) is 35.1 Å². The Morgan fingerprint density at radius 3 is 2.10 bits per heavy atom. The van der Waals surface area contributed by atoms with Crippen molar-refractivity contribution < 1.29 is 69.9 Å². The number of carbonyl (C=O) groups excluding carboxylic acids is 3. The van der Waals surface area contributed by atoms with Gasteiger partial charge in [-0.3, -0.25) is 25.2 Å². The Bertz CT molecular complexity index is 574. The second-order valence-electron chi connectivity index (χ2n) is 5.00. The first-order valence-corrected chi connectivity index (χ1v) is 7.21. The Morgan fingerprint density at radius 2 is 1.66 bits per heavy atom. The van der Waals surface area contributed by atoms with E-state index in [1.165, 1.54) is 6.20 Å². The van der Waals surface area contributed by atoms with Crippen LogP contribution >= 0.6 is 0 Å². The van der Waals surface area contributed by atoms with Crippen LogP contribution in [0.3, 0.4) is 0 Å². The number of aliphatic hydroxyl groups excluding tert-OH is 4. The van der Waals surface area contributed by atoms with Gasteiger partial charge in [0.05, 0.1) is 18.5 Å². The number of aliphatic hydroxyl groups is 4. The molecular formula is C14H20N4O10Re-4. The Balaban J connectivity index is -0.000000883. The summed E-state index contributed by atoms with van der Waals surface area (Å²) in [5, 5.41) is 54.4. The zero-order valence-corrected chi connectivity index (χ0v) is 17.4. The Kier molecular flexibility index (Phi) is 18.5. The van der Waals surface area contributed by atoms with Crippen molar-refractivity contribution in [1.29, 1.82) is 0 Å². The van der Waals surface area contributed by atoms with Crippen LogP contribution in [0.2, 0.25) is 0 Å². The molecule has 0 aliphatic carbocycles. The molecule has 0 amide bonds. The largest absolute Gasteiger partial charge is 0.665 e. The van der Waals surface area contributed by atoms with E-state index in [-0.39, 0.29) is 32.5 Å². The molecule has 6 atom stereocenters. The van der Waals surface area contributed by atoms with Crippen molar-refractivity contribution in [3.05, 3.63) is 17.6 Å². The molecule has 1 fully saturated rings. The van der Waals surface area contributed by atoms with E-state index in [1.54, 1.807) is 0 Å². The molecule has 167 valence electrons. The van der Waals surface area contributed by atoms with E-state index in [1.807, 2.05) is 0 Å². The molecule has 0 bridgehead atoms. The fraction of sp³-hybridized carbons (Fsp3) is 0.571. The van der Waals surface area contributed by atoms with Crippen LogP contribution in [0.5, 0.6) is 0 Å². The minimum atomic E-state index is -1.55. The first kappa shape index (κ1) is 31.7. The van der Waals surface area contributed by atoms with E-state index in [0.717, 1.165) is 4.68 Å². The van der Waals surface area contributed by atoms with Gasteiger partial charge in [0.15, 0.2) is 6.23 Å². The number of hydrogen-bond acceptors (Lipinski definition) is 11. The molecule has 1 aromatic rings. The Labute approximate surface area is 178 Å². The van der Waals surface area contributed by atoms with E-state index in [2.05, 4.69) is 30.7 Å². The van der Waals surface area contributed by atoms with E-state index in [9.17, 15) is 20.1 Å². The van der Waals surface area contributed by atoms with Crippen molar-refractivity contribution in [1.82, 2.24) is 15.0 Å². The number of aliphatic carboxylic acids is 1. The van der Waals surface area contributed by atoms with Gasteiger partial charge in [-0.1, -0.05) is 5.21 Å². The van der Waals surface area contributed by atoms with Gasteiger partial charge >= 0.3 is 0 Å². The molecule has 1 radical (unpaired) electrons. The molecule has 2 rings (SSSR count). The molecule has 0 saturated carbocycles. The number of ether oxygens (including phenoxy) is 1. The van der Waals surface area contributed by atoms with Crippen LogP contribution in [0, 0.1) is 0 Å². The van der Waals surface area contributed by atoms with Crippen molar-refractivity contribution in [2.45, 2.75) is 43.1 Å². The number of nitrogens with one attached hydrogen (secondary N) is 1. The molecule has 1 aromatic heterocycles. The van der Waals surface area contributed by atoms with Gasteiger partial charge < -0.3 is 50.4 Å². The minimum Gasteiger partial charge on any atom is -0.665 e. The summed E-state index contributed by atoms with van der Waals surface area (Å²) in [7, 11) is 0. The maximum absolute atomic E-state index is 10.6. The third-order valence-corrected chi connectivity index (χ3v) is 3.40. The van der Waals surface area contributed by atoms with Gasteiger partial charge in [-0.25, -0.2) is 4.68 Å². The number of carbonyl (C=O) groups is 1. The smallest absolute Gasteiger partial charge is 0.285 e. The molecule has 1 saturated heterocycles. The summed E-state index contributed by atoms with van der Waals surface area (Å²) < 4.78 is 6.32. The third kappa shape index (κ3) is 8.94. The van der Waals surface area contributed by atoms with Crippen LogP contribution in [0.1, 0.15) is 11.9 Å². The number of aromatic nitrogens is 3. The monoisotopic (exact) mass is 591 g/mol. The summed E-state index contributed by atoms with van der Waals surface area (Å²) in [6.07, 6.45) is -5.75. The molecule has 0 aromatic carbocycles. The maximum atomic E-state index is 10.6. The molecule has 15 heteroatoms. The standard InChI is InChI=1S/C11H17N4O7.3CHO.Re/c12-5(11(20)21)1-4-2-15(14-13-4)10-9(19)8(18)7(17)6(3-16)22-10;3*1-2;/h2,5-10,12,16-19H,1,3H2,(H,20,21);3*1H;/q4*-1;/t5-,6?,7-,8-,9?,10+;;;;/m0..../s1. The molecule has 6 N–H and O–H groups in total. The summed E-state index contributed by atoms with van der Waals surface area (Å²) in [4.78, 5) is 33.9. The number of carboxylic acid groups (broad SMARTS) is 1. The Morgan fingerprint density at radius 1 is 1.14 bits per heavy atom. The summed E-state index contributed by atoms with van der Waals surface area (Å²) in [6, 6.07) is -1.40. The van der Waals surface area contributed by atoms with Gasteiger partial charge in [0.1, 0.15) is 24.4 Å². The predicted octanol–water partition coefficient (Wildman–Crippen LogP) is -3.53. The van der Waals surface area contributed by atoms with Gasteiger partial charge in [-0.05, 0) is 12.5 Å². The summed E-state index contributed by atoms with van der Waals surface area (Å²) in [5.74, 6) is -1.30. The molecule has 2 unspecified atom stereocenters. The normalized spacial score (nSPS) is 25.9. The van der Waals surface area contributed by atoms with Crippen molar-refractivity contribution in [2.24, 2.45) is 0 Å². The van der Waals surface area contributed by atoms with E-state index >= 15 is 0 Å². The van der Waals surface area contributed by atoms with Gasteiger partial charge in [-0.2, -0.15) is 0 Å². The maximum Gasteiger partial charge on any atom is 0.285 e. The van der Waals surface area contributed by atoms with Gasteiger partial charge in [0.25, 0.3) is 5.97 Å². The van der Waals surface area contributed by atoms with E-state index < -0.39 is 49.3 Å². The SMILES string of the molecule is [CH-]=O.[CH-]=O.[CH-]=O.[NH-][C@@H](Cc1cn([C@@H]2OC(CO)[C@H](O)[C@H](O)C2O)nn1)C(=O)O.[Re]. The number of nitrogens with zero attached hydrogens (tertiary/aromatic N) is 3. The molecule has 0 spiro atoms. The van der Waals surface area contributed by atoms with E-state index in [0.29, 0.717) is 0 Å². The third-order valence-electron chi connectivity index (χ3n) is 3.40. The molecular weight excluding hydrogens is 570 g/mol. The van der Waals surface area contributed by atoms with Crippen molar-refractivity contribution >= 4 is 26.3 Å². The van der Waals surface area contributed by atoms with Crippen LogP contribution in [0.15, 0.2) is 6.20 Å². The average molecular weight is 591 g/mol. The average Bonchev–Trinajstić information content (AvgIpc) is 3.19. The van der Waals surface area contributed by atoms with Crippen LogP contribution in [0.4, 0.5) is 0 Å². The van der Waals surface area contributed by atoms with Crippen LogP contribution in [-0.4, -0.2) is 104 Å². The predicted molar refractivity (Wildman–Crippen MR) is 88.7 cm³/mol. The molecule has 14 nitrogen and oxygen atoms in total. The van der Waals surface area contributed by atoms with Crippen molar-refractivity contribution in [3.8, 4) is 0 Å². The molecule has 1 aliphatic rings. The quantitative estimate of drug-likeness (QED) is 0.166. The zero-order chi connectivity index (χ0) is 22.4. The summed E-state index contributed by atoms with van der Waals surface area (Å²) in [5.41, 5.74) is 7.51. The van der Waals surface area contributed by atoms with Crippen LogP contribution in [0.25, 0.3) is 5.73 Å². The second-order valence-corrected chi connectivity index (χ2v) is 5.00. The second kappa shape index (κ2) is 16.9. The molecule has 29 heavy (non-hydrogen) atoms.